The monoisotopic (exact) mass is 164 g/mol. The molecule has 0 aromatic carbocycles. The van der Waals surface area contributed by atoms with Crippen molar-refractivity contribution in [3.05, 3.63) is 0 Å². The summed E-state index contributed by atoms with van der Waals surface area (Å²) in [5.41, 5.74) is 5.95. The van der Waals surface area contributed by atoms with Crippen LogP contribution >= 0.6 is 0 Å². The lowest BCUT2D eigenvalue weighted by molar-refractivity contribution is 0.162. The van der Waals surface area contributed by atoms with Crippen LogP contribution in [0.25, 0.3) is 0 Å². The SMILES string of the molecule is NC1=NC2CC3CC(C2)CC1C3. The van der Waals surface area contributed by atoms with E-state index in [-0.39, 0.29) is 0 Å². The van der Waals surface area contributed by atoms with Crippen molar-refractivity contribution in [2.75, 3.05) is 0 Å². The van der Waals surface area contributed by atoms with Crippen molar-refractivity contribution in [1.29, 1.82) is 0 Å². The average molecular weight is 164 g/mol. The van der Waals surface area contributed by atoms with Gasteiger partial charge in [-0.15, -0.1) is 0 Å². The van der Waals surface area contributed by atoms with Gasteiger partial charge in [0.2, 0.25) is 0 Å². The molecule has 0 saturated heterocycles. The first kappa shape index (κ1) is 6.93. The number of hydrogen-bond acceptors (Lipinski definition) is 2. The summed E-state index contributed by atoms with van der Waals surface area (Å²) in [6.07, 6.45) is 6.79. The Morgan fingerprint density at radius 2 is 1.67 bits per heavy atom. The predicted octanol–water partition coefficient (Wildman–Crippen LogP) is 1.55. The first-order valence-corrected chi connectivity index (χ1v) is 5.14. The molecule has 2 heteroatoms. The molecule has 2 unspecified atom stereocenters. The lowest BCUT2D eigenvalue weighted by Gasteiger charge is -2.37. The molecule has 4 rings (SSSR count). The molecule has 2 fully saturated rings. The van der Waals surface area contributed by atoms with Gasteiger partial charge in [0.25, 0.3) is 0 Å². The summed E-state index contributed by atoms with van der Waals surface area (Å²) < 4.78 is 0. The predicted molar refractivity (Wildman–Crippen MR) is 49.0 cm³/mol. The van der Waals surface area contributed by atoms with E-state index >= 15 is 0 Å². The fourth-order valence-corrected chi connectivity index (χ4v) is 3.48. The molecule has 66 valence electrons. The van der Waals surface area contributed by atoms with Crippen LogP contribution in [-0.4, -0.2) is 11.9 Å². The van der Waals surface area contributed by atoms with Gasteiger partial charge in [-0.05, 0) is 43.9 Å². The Kier molecular flexibility index (Phi) is 1.29. The van der Waals surface area contributed by atoms with Gasteiger partial charge in [0.05, 0.1) is 11.9 Å². The zero-order chi connectivity index (χ0) is 8.13. The highest BCUT2D eigenvalue weighted by atomic mass is 14.9. The lowest BCUT2D eigenvalue weighted by atomic mass is 9.68. The molecule has 12 heavy (non-hydrogen) atoms. The molecule has 0 aromatic rings. The van der Waals surface area contributed by atoms with Gasteiger partial charge in [-0.3, -0.25) is 4.99 Å². The maximum absolute atomic E-state index is 5.95. The summed E-state index contributed by atoms with van der Waals surface area (Å²) in [7, 11) is 0. The third-order valence-corrected chi connectivity index (χ3v) is 3.86. The Balaban J connectivity index is 1.98. The zero-order valence-electron chi connectivity index (χ0n) is 7.37. The molecule has 0 spiro atoms. The van der Waals surface area contributed by atoms with Crippen molar-refractivity contribution in [3.8, 4) is 0 Å². The van der Waals surface area contributed by atoms with Crippen molar-refractivity contribution in [1.82, 2.24) is 0 Å². The van der Waals surface area contributed by atoms with E-state index in [4.69, 9.17) is 5.73 Å². The fourth-order valence-electron chi connectivity index (χ4n) is 3.48. The number of hydrogen-bond donors (Lipinski definition) is 1. The Hall–Kier alpha value is -0.530. The van der Waals surface area contributed by atoms with Gasteiger partial charge in [0, 0.05) is 5.92 Å². The molecule has 4 bridgehead atoms. The molecular formula is C10H16N2. The molecule has 2 atom stereocenters. The second kappa shape index (κ2) is 2.24. The van der Waals surface area contributed by atoms with E-state index in [1.165, 1.54) is 32.1 Å². The van der Waals surface area contributed by atoms with E-state index in [9.17, 15) is 0 Å². The van der Waals surface area contributed by atoms with Crippen LogP contribution in [-0.2, 0) is 0 Å². The largest absolute Gasteiger partial charge is 0.387 e. The smallest absolute Gasteiger partial charge is 0.0972 e. The van der Waals surface area contributed by atoms with E-state index in [1.54, 1.807) is 0 Å². The van der Waals surface area contributed by atoms with Crippen molar-refractivity contribution in [2.45, 2.75) is 38.1 Å². The van der Waals surface area contributed by atoms with Crippen molar-refractivity contribution < 1.29 is 0 Å². The highest BCUT2D eigenvalue weighted by Gasteiger charge is 2.40. The molecular weight excluding hydrogens is 148 g/mol. The van der Waals surface area contributed by atoms with Crippen molar-refractivity contribution in [3.63, 3.8) is 0 Å². The highest BCUT2D eigenvalue weighted by Crippen LogP contribution is 2.45. The number of aliphatic imine (C=N–C) groups is 1. The second-order valence-electron chi connectivity index (χ2n) is 4.82. The number of nitrogens with two attached hydrogens (primary N) is 1. The van der Waals surface area contributed by atoms with Crippen LogP contribution in [0.2, 0.25) is 0 Å². The molecule has 2 nitrogen and oxygen atoms in total. The fraction of sp³-hybridized carbons (Fsp3) is 0.900. The summed E-state index contributed by atoms with van der Waals surface area (Å²) in [5, 5.41) is 0. The lowest BCUT2D eigenvalue weighted by Crippen LogP contribution is -2.32. The van der Waals surface area contributed by atoms with E-state index in [2.05, 4.69) is 4.99 Å². The molecule has 2 aliphatic carbocycles. The molecule has 2 aliphatic heterocycles. The van der Waals surface area contributed by atoms with Gasteiger partial charge >= 0.3 is 0 Å². The average Bonchev–Trinajstić information content (AvgIpc) is 2.16. The minimum atomic E-state index is 0.598. The summed E-state index contributed by atoms with van der Waals surface area (Å²) in [6.45, 7) is 0. The Morgan fingerprint density at radius 3 is 2.33 bits per heavy atom. The molecule has 0 radical (unpaired) electrons. The Bertz CT molecular complexity index is 220. The molecule has 4 aliphatic rings. The van der Waals surface area contributed by atoms with Crippen molar-refractivity contribution in [2.24, 2.45) is 28.5 Å². The van der Waals surface area contributed by atoms with Crippen LogP contribution in [0.15, 0.2) is 4.99 Å². The summed E-state index contributed by atoms with van der Waals surface area (Å²) in [6, 6.07) is 0.598. The summed E-state index contributed by atoms with van der Waals surface area (Å²) >= 11 is 0. The van der Waals surface area contributed by atoms with Crippen LogP contribution in [0.1, 0.15) is 32.1 Å². The highest BCUT2D eigenvalue weighted by molar-refractivity contribution is 5.83. The van der Waals surface area contributed by atoms with Crippen molar-refractivity contribution >= 4 is 5.84 Å². The third-order valence-electron chi connectivity index (χ3n) is 3.86. The molecule has 2 saturated carbocycles. The topological polar surface area (TPSA) is 38.4 Å². The molecule has 2 heterocycles. The van der Waals surface area contributed by atoms with Gasteiger partial charge < -0.3 is 5.73 Å². The Labute approximate surface area is 73.2 Å². The van der Waals surface area contributed by atoms with Gasteiger partial charge in [0.1, 0.15) is 0 Å². The Morgan fingerprint density at radius 1 is 1.00 bits per heavy atom. The van der Waals surface area contributed by atoms with Gasteiger partial charge in [-0.25, -0.2) is 0 Å². The van der Waals surface area contributed by atoms with E-state index in [0.29, 0.717) is 12.0 Å². The summed E-state index contributed by atoms with van der Waals surface area (Å²) in [5.74, 6) is 3.54. The minimum Gasteiger partial charge on any atom is -0.387 e. The minimum absolute atomic E-state index is 0.598. The quantitative estimate of drug-likeness (QED) is 0.579. The van der Waals surface area contributed by atoms with Gasteiger partial charge in [-0.1, -0.05) is 0 Å². The van der Waals surface area contributed by atoms with Crippen LogP contribution in [0.4, 0.5) is 0 Å². The van der Waals surface area contributed by atoms with Crippen LogP contribution in [0.5, 0.6) is 0 Å². The zero-order valence-corrected chi connectivity index (χ0v) is 7.37. The molecule has 0 amide bonds. The van der Waals surface area contributed by atoms with E-state index in [0.717, 1.165) is 17.7 Å². The third kappa shape index (κ3) is 0.900. The first-order chi connectivity index (χ1) is 5.81. The standard InChI is InChI=1S/C10H16N2/c11-10-8-2-6-1-7(3-8)5-9(4-6)12-10/h6-9H,1-5H2,(H2,11,12). The second-order valence-corrected chi connectivity index (χ2v) is 4.82. The number of nitrogens with zero attached hydrogens (tertiary/aromatic N) is 1. The maximum Gasteiger partial charge on any atom is 0.0972 e. The van der Waals surface area contributed by atoms with Crippen LogP contribution in [0, 0.1) is 17.8 Å². The summed E-state index contributed by atoms with van der Waals surface area (Å²) in [4.78, 5) is 4.61. The first-order valence-electron chi connectivity index (χ1n) is 5.14. The van der Waals surface area contributed by atoms with Gasteiger partial charge in [0.15, 0.2) is 0 Å². The maximum atomic E-state index is 5.95. The van der Waals surface area contributed by atoms with Gasteiger partial charge in [-0.2, -0.15) is 0 Å². The number of amidine groups is 1. The molecule has 2 N–H and O–H groups in total. The molecule has 0 aromatic heterocycles. The van der Waals surface area contributed by atoms with E-state index in [1.807, 2.05) is 0 Å². The number of rotatable bonds is 0. The normalized spacial score (nSPS) is 50.5. The van der Waals surface area contributed by atoms with Crippen LogP contribution < -0.4 is 5.73 Å². The van der Waals surface area contributed by atoms with Crippen LogP contribution in [0.3, 0.4) is 0 Å². The van der Waals surface area contributed by atoms with E-state index < -0.39 is 0 Å².